The maximum atomic E-state index is 13.0. The largest absolute Gasteiger partial charge is 0.416 e. The number of amides is 1. The third-order valence-electron chi connectivity index (χ3n) is 5.18. The monoisotopic (exact) mass is 480 g/mol. The number of halogens is 4. The predicted molar refractivity (Wildman–Crippen MR) is 114 cm³/mol. The van der Waals surface area contributed by atoms with Crippen LogP contribution in [0.2, 0.25) is 0 Å². The Morgan fingerprint density at radius 1 is 1.06 bits per heavy atom. The van der Waals surface area contributed by atoms with Crippen molar-refractivity contribution in [1.82, 2.24) is 19.9 Å². The van der Waals surface area contributed by atoms with Gasteiger partial charge in [0.2, 0.25) is 17.6 Å². The van der Waals surface area contributed by atoms with E-state index >= 15 is 0 Å². The average molecular weight is 480 g/mol. The van der Waals surface area contributed by atoms with Crippen LogP contribution in [0.3, 0.4) is 0 Å². The molecule has 0 N–H and O–H groups in total. The molecule has 1 aliphatic rings. The van der Waals surface area contributed by atoms with Crippen molar-refractivity contribution in [3.8, 4) is 11.4 Å². The average Bonchev–Trinajstić information content (AvgIpc) is 3.27. The highest BCUT2D eigenvalue weighted by molar-refractivity contribution is 8.00. The van der Waals surface area contributed by atoms with E-state index in [2.05, 4.69) is 10.1 Å². The maximum Gasteiger partial charge on any atom is 0.416 e. The van der Waals surface area contributed by atoms with E-state index < -0.39 is 11.7 Å². The highest BCUT2D eigenvalue weighted by Crippen LogP contribution is 2.31. The van der Waals surface area contributed by atoms with Crippen LogP contribution in [0.1, 0.15) is 11.5 Å². The fraction of sp³-hybridized carbons (Fsp3) is 0.318. The number of benzene rings is 2. The number of aromatic nitrogens is 2. The maximum absolute atomic E-state index is 13.0. The normalized spacial score (nSPS) is 15.1. The molecule has 6 nitrogen and oxygen atoms in total. The summed E-state index contributed by atoms with van der Waals surface area (Å²) in [4.78, 5) is 21.3. The molecular formula is C22H20F4N4O2S. The third-order valence-corrected chi connectivity index (χ3v) is 6.17. The molecule has 0 unspecified atom stereocenters. The van der Waals surface area contributed by atoms with Crippen LogP contribution < -0.4 is 0 Å². The van der Waals surface area contributed by atoms with Crippen LogP contribution in [0.4, 0.5) is 17.6 Å². The first kappa shape index (κ1) is 23.2. The van der Waals surface area contributed by atoms with E-state index in [1.807, 2.05) is 4.90 Å². The minimum atomic E-state index is -4.45. The number of thioether (sulfide) groups is 1. The van der Waals surface area contributed by atoms with Gasteiger partial charge in [0, 0.05) is 36.6 Å². The lowest BCUT2D eigenvalue weighted by Crippen LogP contribution is -2.48. The van der Waals surface area contributed by atoms with Gasteiger partial charge in [-0.05, 0) is 36.4 Å². The molecule has 174 valence electrons. The molecule has 0 radical (unpaired) electrons. The zero-order valence-corrected chi connectivity index (χ0v) is 18.2. The van der Waals surface area contributed by atoms with E-state index in [9.17, 15) is 22.4 Å². The van der Waals surface area contributed by atoms with Crippen LogP contribution in [0.15, 0.2) is 57.9 Å². The van der Waals surface area contributed by atoms with Gasteiger partial charge in [0.15, 0.2) is 0 Å². The lowest BCUT2D eigenvalue weighted by molar-refractivity contribution is -0.137. The summed E-state index contributed by atoms with van der Waals surface area (Å²) in [6.45, 7) is 2.63. The molecule has 1 aromatic heterocycles. The Morgan fingerprint density at radius 2 is 1.79 bits per heavy atom. The van der Waals surface area contributed by atoms with E-state index in [4.69, 9.17) is 4.52 Å². The Kier molecular flexibility index (Phi) is 6.99. The van der Waals surface area contributed by atoms with Gasteiger partial charge in [0.05, 0.1) is 17.9 Å². The van der Waals surface area contributed by atoms with Crippen molar-refractivity contribution in [2.75, 3.05) is 31.9 Å². The first-order valence-corrected chi connectivity index (χ1v) is 11.2. The highest BCUT2D eigenvalue weighted by Gasteiger charge is 2.31. The Morgan fingerprint density at radius 3 is 2.48 bits per heavy atom. The summed E-state index contributed by atoms with van der Waals surface area (Å²) in [6, 6.07) is 10.8. The van der Waals surface area contributed by atoms with E-state index in [-0.39, 0.29) is 28.9 Å². The smallest absolute Gasteiger partial charge is 0.339 e. The van der Waals surface area contributed by atoms with Gasteiger partial charge in [-0.1, -0.05) is 17.3 Å². The minimum Gasteiger partial charge on any atom is -0.339 e. The first-order valence-electron chi connectivity index (χ1n) is 10.2. The molecule has 0 saturated carbocycles. The van der Waals surface area contributed by atoms with Gasteiger partial charge < -0.3 is 9.42 Å². The van der Waals surface area contributed by atoms with Crippen molar-refractivity contribution in [2.45, 2.75) is 17.6 Å². The number of hydrogen-bond donors (Lipinski definition) is 0. The van der Waals surface area contributed by atoms with Gasteiger partial charge >= 0.3 is 6.18 Å². The lowest BCUT2D eigenvalue weighted by atomic mass is 10.1. The summed E-state index contributed by atoms with van der Waals surface area (Å²) in [7, 11) is 0. The van der Waals surface area contributed by atoms with Crippen LogP contribution in [0.5, 0.6) is 0 Å². The summed E-state index contributed by atoms with van der Waals surface area (Å²) in [5.41, 5.74) is -0.543. The Balaban J connectivity index is 1.27. The Hall–Kier alpha value is -2.92. The van der Waals surface area contributed by atoms with Gasteiger partial charge in [-0.15, -0.1) is 11.8 Å². The minimum absolute atomic E-state index is 0.00796. The number of carbonyl (C=O) groups excluding carboxylic acids is 1. The summed E-state index contributed by atoms with van der Waals surface area (Å²) < 4.78 is 57.0. The number of alkyl halides is 3. The number of nitrogens with zero attached hydrogens (tertiary/aromatic N) is 4. The molecule has 2 heterocycles. The second-order valence-electron chi connectivity index (χ2n) is 7.49. The highest BCUT2D eigenvalue weighted by atomic mass is 32.2. The Bertz CT molecular complexity index is 1100. The van der Waals surface area contributed by atoms with Gasteiger partial charge in [-0.3, -0.25) is 9.69 Å². The number of carbonyl (C=O) groups is 1. The van der Waals surface area contributed by atoms with Crippen molar-refractivity contribution in [1.29, 1.82) is 0 Å². The standard InChI is InChI=1S/C22H20F4N4O2S/c23-17-4-6-18(7-5-17)33-14-20(31)30-10-8-29(9-11-30)13-19-27-21(28-32-19)15-2-1-3-16(12-15)22(24,25)26/h1-7,12H,8-11,13-14H2. The Labute approximate surface area is 191 Å². The summed E-state index contributed by atoms with van der Waals surface area (Å²) in [5, 5.41) is 3.81. The van der Waals surface area contributed by atoms with Gasteiger partial charge in [-0.25, -0.2) is 4.39 Å². The summed E-state index contributed by atoms with van der Waals surface area (Å²) in [5.74, 6) is 0.366. The number of piperazine rings is 1. The second-order valence-corrected chi connectivity index (χ2v) is 8.54. The molecule has 2 aromatic carbocycles. The fourth-order valence-electron chi connectivity index (χ4n) is 3.38. The molecule has 0 aliphatic carbocycles. The number of rotatable bonds is 6. The quantitative estimate of drug-likeness (QED) is 0.387. The molecule has 3 aromatic rings. The van der Waals surface area contributed by atoms with Gasteiger partial charge in [0.25, 0.3) is 0 Å². The van der Waals surface area contributed by atoms with E-state index in [0.717, 1.165) is 17.0 Å². The van der Waals surface area contributed by atoms with Crippen LogP contribution in [0, 0.1) is 5.82 Å². The van der Waals surface area contributed by atoms with E-state index in [0.29, 0.717) is 38.6 Å². The molecule has 11 heteroatoms. The van der Waals surface area contributed by atoms with E-state index in [1.54, 1.807) is 17.0 Å². The predicted octanol–water partition coefficient (Wildman–Crippen LogP) is 4.33. The van der Waals surface area contributed by atoms with Gasteiger partial charge in [-0.2, -0.15) is 18.2 Å². The number of hydrogen-bond acceptors (Lipinski definition) is 6. The molecule has 1 aliphatic heterocycles. The first-order chi connectivity index (χ1) is 15.8. The molecule has 0 atom stereocenters. The van der Waals surface area contributed by atoms with Gasteiger partial charge in [0.1, 0.15) is 5.82 Å². The zero-order valence-electron chi connectivity index (χ0n) is 17.4. The zero-order chi connectivity index (χ0) is 23.4. The molecule has 1 saturated heterocycles. The molecule has 1 fully saturated rings. The van der Waals surface area contributed by atoms with Crippen LogP contribution in [-0.2, 0) is 17.5 Å². The molecule has 4 rings (SSSR count). The molecule has 1 amide bonds. The van der Waals surface area contributed by atoms with Crippen molar-refractivity contribution in [3.05, 3.63) is 65.8 Å². The van der Waals surface area contributed by atoms with Crippen LogP contribution in [-0.4, -0.2) is 57.8 Å². The summed E-state index contributed by atoms with van der Waals surface area (Å²) >= 11 is 1.36. The van der Waals surface area contributed by atoms with Crippen LogP contribution in [0.25, 0.3) is 11.4 Å². The topological polar surface area (TPSA) is 62.5 Å². The molecule has 0 bridgehead atoms. The van der Waals surface area contributed by atoms with E-state index in [1.165, 1.54) is 36.0 Å². The molecule has 0 spiro atoms. The fourth-order valence-corrected chi connectivity index (χ4v) is 4.19. The SMILES string of the molecule is O=C(CSc1ccc(F)cc1)N1CCN(Cc2nc(-c3cccc(C(F)(F)F)c3)no2)CC1. The van der Waals surface area contributed by atoms with Crippen molar-refractivity contribution in [2.24, 2.45) is 0 Å². The second kappa shape index (κ2) is 9.92. The van der Waals surface area contributed by atoms with Crippen molar-refractivity contribution >= 4 is 17.7 Å². The molecule has 33 heavy (non-hydrogen) atoms. The summed E-state index contributed by atoms with van der Waals surface area (Å²) in [6.07, 6.45) is -4.45. The van der Waals surface area contributed by atoms with Crippen molar-refractivity contribution in [3.63, 3.8) is 0 Å². The van der Waals surface area contributed by atoms with Crippen molar-refractivity contribution < 1.29 is 26.9 Å². The third kappa shape index (κ3) is 6.11. The van der Waals surface area contributed by atoms with Crippen LogP contribution >= 0.6 is 11.8 Å². The lowest BCUT2D eigenvalue weighted by Gasteiger charge is -2.33. The molecular weight excluding hydrogens is 460 g/mol.